The van der Waals surface area contributed by atoms with E-state index in [4.69, 9.17) is 0 Å². The molecule has 19 heavy (non-hydrogen) atoms. The molecule has 1 nitrogen and oxygen atoms in total. The van der Waals surface area contributed by atoms with Gasteiger partial charge in [-0.15, -0.1) is 0 Å². The second-order valence-corrected chi connectivity index (χ2v) is 10.0. The van der Waals surface area contributed by atoms with Crippen molar-refractivity contribution in [3.63, 3.8) is 0 Å². The summed E-state index contributed by atoms with van der Waals surface area (Å²) in [6, 6.07) is 0. The van der Waals surface area contributed by atoms with E-state index < -0.39 is 0 Å². The maximum Gasteiger partial charge on any atom is 0.0396 e. The molecule has 112 valence electrons. The summed E-state index contributed by atoms with van der Waals surface area (Å²) < 4.78 is 0.661. The van der Waals surface area contributed by atoms with E-state index in [0.29, 0.717) is 4.75 Å². The molecule has 0 aromatic heterocycles. The van der Waals surface area contributed by atoms with Crippen LogP contribution in [0.15, 0.2) is 0 Å². The van der Waals surface area contributed by atoms with E-state index >= 15 is 0 Å². The highest BCUT2D eigenvalue weighted by Gasteiger charge is 2.47. The maximum atomic E-state index is 2.38. The van der Waals surface area contributed by atoms with Gasteiger partial charge >= 0.3 is 0 Å². The van der Waals surface area contributed by atoms with Crippen LogP contribution in [0, 0.1) is 0 Å². The Bertz CT molecular complexity index is 234. The SMILES string of the molecule is C1CCC(C2(C3CCCCS3)CCCCS2)SC1.O. The van der Waals surface area contributed by atoms with Crippen LogP contribution in [0.25, 0.3) is 0 Å². The van der Waals surface area contributed by atoms with E-state index in [1.54, 1.807) is 0 Å². The fourth-order valence-corrected chi connectivity index (χ4v) is 9.44. The number of hydrogen-bond acceptors (Lipinski definition) is 3. The number of rotatable bonds is 2. The van der Waals surface area contributed by atoms with Crippen LogP contribution in [0.4, 0.5) is 0 Å². The van der Waals surface area contributed by atoms with Gasteiger partial charge in [0.05, 0.1) is 0 Å². The summed E-state index contributed by atoms with van der Waals surface area (Å²) in [7, 11) is 0. The Labute approximate surface area is 131 Å². The molecule has 0 bridgehead atoms. The van der Waals surface area contributed by atoms with Crippen molar-refractivity contribution in [2.75, 3.05) is 17.3 Å². The Morgan fingerprint density at radius 2 is 1.26 bits per heavy atom. The van der Waals surface area contributed by atoms with Gasteiger partial charge in [0.2, 0.25) is 0 Å². The largest absolute Gasteiger partial charge is 0.412 e. The minimum absolute atomic E-state index is 0. The van der Waals surface area contributed by atoms with Gasteiger partial charge in [0.25, 0.3) is 0 Å². The lowest BCUT2D eigenvalue weighted by molar-refractivity contribution is 0.418. The monoisotopic (exact) mass is 320 g/mol. The van der Waals surface area contributed by atoms with E-state index in [2.05, 4.69) is 35.3 Å². The van der Waals surface area contributed by atoms with E-state index in [0.717, 1.165) is 10.5 Å². The Kier molecular flexibility index (Phi) is 6.78. The van der Waals surface area contributed by atoms with E-state index in [1.807, 2.05) is 0 Å². The average Bonchev–Trinajstić information content (AvgIpc) is 2.50. The van der Waals surface area contributed by atoms with Gasteiger partial charge in [0, 0.05) is 15.2 Å². The van der Waals surface area contributed by atoms with Crippen molar-refractivity contribution in [3.8, 4) is 0 Å². The standard InChI is InChI=1S/C15H26S3.H2O/c1-4-10-16-13(7-1)15(9-3-6-12-18-15)14-8-2-5-11-17-14;/h13-14H,1-12H2;1H2. The lowest BCUT2D eigenvalue weighted by Crippen LogP contribution is -2.49. The first-order chi connectivity index (χ1) is 8.92. The quantitative estimate of drug-likeness (QED) is 0.756. The summed E-state index contributed by atoms with van der Waals surface area (Å²) in [5, 5.41) is 1.96. The van der Waals surface area contributed by atoms with Crippen molar-refractivity contribution in [2.45, 2.75) is 73.0 Å². The third kappa shape index (κ3) is 3.61. The Morgan fingerprint density at radius 3 is 1.68 bits per heavy atom. The van der Waals surface area contributed by atoms with Gasteiger partial charge in [-0.2, -0.15) is 35.3 Å². The average molecular weight is 321 g/mol. The van der Waals surface area contributed by atoms with Crippen LogP contribution in [-0.4, -0.2) is 38.0 Å². The highest BCUT2D eigenvalue weighted by molar-refractivity contribution is 8.06. The highest BCUT2D eigenvalue weighted by Crippen LogP contribution is 2.54. The lowest BCUT2D eigenvalue weighted by Gasteiger charge is -2.50. The molecule has 3 fully saturated rings. The molecule has 3 heterocycles. The Hall–Kier alpha value is 1.01. The molecule has 0 amide bonds. The van der Waals surface area contributed by atoms with E-state index in [-0.39, 0.29) is 5.48 Å². The van der Waals surface area contributed by atoms with Crippen LogP contribution in [0.5, 0.6) is 0 Å². The second kappa shape index (κ2) is 7.86. The van der Waals surface area contributed by atoms with Crippen LogP contribution >= 0.6 is 35.3 Å². The summed E-state index contributed by atoms with van der Waals surface area (Å²) in [5.74, 6) is 4.31. The van der Waals surface area contributed by atoms with E-state index in [1.165, 1.54) is 75.0 Å². The molecular weight excluding hydrogens is 292 g/mol. The van der Waals surface area contributed by atoms with Gasteiger partial charge in [-0.25, -0.2) is 0 Å². The third-order valence-electron chi connectivity index (χ3n) is 4.78. The van der Waals surface area contributed by atoms with Gasteiger partial charge < -0.3 is 5.48 Å². The Balaban J connectivity index is 0.00000133. The predicted octanol–water partition coefficient (Wildman–Crippen LogP) is 4.39. The maximum absolute atomic E-state index is 2.38. The summed E-state index contributed by atoms with van der Waals surface area (Å²) in [4.78, 5) is 0. The molecule has 0 radical (unpaired) electrons. The van der Waals surface area contributed by atoms with Crippen molar-refractivity contribution in [3.05, 3.63) is 0 Å². The van der Waals surface area contributed by atoms with Crippen LogP contribution in [0.1, 0.15) is 57.8 Å². The molecule has 0 spiro atoms. The first kappa shape index (κ1) is 16.4. The number of hydrogen-bond donors (Lipinski definition) is 0. The predicted molar refractivity (Wildman–Crippen MR) is 92.8 cm³/mol. The molecule has 3 aliphatic heterocycles. The lowest BCUT2D eigenvalue weighted by atomic mass is 9.87. The normalized spacial score (nSPS) is 40.4. The zero-order valence-corrected chi connectivity index (χ0v) is 14.3. The summed E-state index contributed by atoms with van der Waals surface area (Å²) in [6.45, 7) is 0. The summed E-state index contributed by atoms with van der Waals surface area (Å²) in [5.41, 5.74) is 0. The fraction of sp³-hybridized carbons (Fsp3) is 1.00. The van der Waals surface area contributed by atoms with Gasteiger partial charge in [-0.05, 0) is 55.8 Å². The highest BCUT2D eigenvalue weighted by atomic mass is 32.2. The molecule has 0 saturated carbocycles. The third-order valence-corrected chi connectivity index (χ3v) is 10.0. The van der Waals surface area contributed by atoms with Crippen molar-refractivity contribution in [1.82, 2.24) is 0 Å². The topological polar surface area (TPSA) is 31.5 Å². The molecule has 3 saturated heterocycles. The molecule has 4 heteroatoms. The van der Waals surface area contributed by atoms with Crippen LogP contribution in [0.3, 0.4) is 0 Å². The van der Waals surface area contributed by atoms with Gasteiger partial charge in [-0.3, -0.25) is 0 Å². The van der Waals surface area contributed by atoms with Crippen LogP contribution < -0.4 is 0 Å². The molecular formula is C15H28OS3. The summed E-state index contributed by atoms with van der Waals surface area (Å²) in [6.07, 6.45) is 13.5. The van der Waals surface area contributed by atoms with Crippen molar-refractivity contribution >= 4 is 35.3 Å². The molecule has 2 N–H and O–H groups in total. The smallest absolute Gasteiger partial charge is 0.0396 e. The van der Waals surface area contributed by atoms with Gasteiger partial charge in [-0.1, -0.05) is 19.3 Å². The second-order valence-electron chi connectivity index (χ2n) is 5.97. The van der Waals surface area contributed by atoms with Crippen LogP contribution in [0.2, 0.25) is 0 Å². The molecule has 0 aromatic carbocycles. The molecule has 0 aliphatic carbocycles. The van der Waals surface area contributed by atoms with Crippen molar-refractivity contribution in [1.29, 1.82) is 0 Å². The molecule has 3 aliphatic rings. The van der Waals surface area contributed by atoms with Gasteiger partial charge in [0.1, 0.15) is 0 Å². The fourth-order valence-electron chi connectivity index (χ4n) is 3.81. The zero-order chi connectivity index (χ0) is 12.3. The van der Waals surface area contributed by atoms with Crippen molar-refractivity contribution < 1.29 is 5.48 Å². The van der Waals surface area contributed by atoms with Gasteiger partial charge in [0.15, 0.2) is 0 Å². The molecule has 2 unspecified atom stereocenters. The van der Waals surface area contributed by atoms with E-state index in [9.17, 15) is 0 Å². The molecule has 0 aromatic rings. The Morgan fingerprint density at radius 1 is 0.684 bits per heavy atom. The summed E-state index contributed by atoms with van der Waals surface area (Å²) >= 11 is 7.04. The first-order valence-electron chi connectivity index (χ1n) is 7.79. The van der Waals surface area contributed by atoms with Crippen LogP contribution in [-0.2, 0) is 0 Å². The first-order valence-corrected chi connectivity index (χ1v) is 10.9. The number of thioether (sulfide) groups is 3. The molecule has 3 rings (SSSR count). The minimum atomic E-state index is 0. The minimum Gasteiger partial charge on any atom is -0.412 e. The zero-order valence-electron chi connectivity index (χ0n) is 11.9. The molecule has 2 atom stereocenters. The van der Waals surface area contributed by atoms with Crippen molar-refractivity contribution in [2.24, 2.45) is 0 Å².